The Morgan fingerprint density at radius 1 is 1.43 bits per heavy atom. The molecule has 0 saturated carbocycles. The summed E-state index contributed by atoms with van der Waals surface area (Å²) < 4.78 is 2.39. The molecule has 0 fully saturated rings. The first-order valence-corrected chi connectivity index (χ1v) is 7.21. The molecule has 0 amide bonds. The normalized spacial score (nSPS) is 11.3. The van der Waals surface area contributed by atoms with Gasteiger partial charge in [-0.3, -0.25) is 14.8 Å². The van der Waals surface area contributed by atoms with E-state index in [4.69, 9.17) is 10.6 Å². The maximum absolute atomic E-state index is 11.6. The Kier molecular flexibility index (Phi) is 5.41. The molecule has 9 nitrogen and oxygen atoms in total. The molecule has 1 heterocycles. The fourth-order valence-corrected chi connectivity index (χ4v) is 1.95. The highest BCUT2D eigenvalue weighted by atomic mass is 79.9. The standard InChI is InChI=1S/C13H12BrN5O4/c14-10-7-16-18(8-10)6-5-12(20)23-17-13(15)9-1-3-11(4-2-9)19(21)22/h1-4,7-8H,5-6H2,(H2,15,17). The van der Waals surface area contributed by atoms with Gasteiger partial charge in [0.1, 0.15) is 0 Å². The summed E-state index contributed by atoms with van der Waals surface area (Å²) in [6.07, 6.45) is 3.41. The predicted octanol–water partition coefficient (Wildman–Crippen LogP) is 1.81. The highest BCUT2D eigenvalue weighted by Crippen LogP contribution is 2.12. The van der Waals surface area contributed by atoms with Gasteiger partial charge >= 0.3 is 5.97 Å². The molecule has 0 unspecified atom stereocenters. The quantitative estimate of drug-likeness (QED) is 0.267. The first-order valence-electron chi connectivity index (χ1n) is 6.42. The second-order valence-electron chi connectivity index (χ2n) is 4.42. The van der Waals surface area contributed by atoms with Crippen LogP contribution in [0.3, 0.4) is 0 Å². The number of carbonyl (C=O) groups is 1. The van der Waals surface area contributed by atoms with Crippen molar-refractivity contribution in [1.29, 1.82) is 0 Å². The molecule has 0 atom stereocenters. The molecule has 0 radical (unpaired) electrons. The van der Waals surface area contributed by atoms with Crippen LogP contribution >= 0.6 is 15.9 Å². The molecule has 0 aliphatic heterocycles. The van der Waals surface area contributed by atoms with E-state index < -0.39 is 10.9 Å². The number of hydrogen-bond acceptors (Lipinski definition) is 6. The van der Waals surface area contributed by atoms with E-state index in [1.165, 1.54) is 24.3 Å². The van der Waals surface area contributed by atoms with Gasteiger partial charge < -0.3 is 10.6 Å². The van der Waals surface area contributed by atoms with Gasteiger partial charge in [-0.2, -0.15) is 5.10 Å². The Morgan fingerprint density at radius 2 is 2.13 bits per heavy atom. The van der Waals surface area contributed by atoms with Crippen molar-refractivity contribution in [1.82, 2.24) is 9.78 Å². The minimum Gasteiger partial charge on any atom is -0.380 e. The number of nitrogens with zero attached hydrogens (tertiary/aromatic N) is 4. The van der Waals surface area contributed by atoms with Crippen molar-refractivity contribution < 1.29 is 14.6 Å². The summed E-state index contributed by atoms with van der Waals surface area (Å²) in [6.45, 7) is 0.345. The van der Waals surface area contributed by atoms with Crippen LogP contribution < -0.4 is 5.73 Å². The van der Waals surface area contributed by atoms with Crippen LogP contribution in [0, 0.1) is 10.1 Å². The van der Waals surface area contributed by atoms with Crippen molar-refractivity contribution in [2.75, 3.05) is 0 Å². The Bertz CT molecular complexity index is 741. The molecule has 1 aromatic heterocycles. The smallest absolute Gasteiger partial charge is 0.336 e. The lowest BCUT2D eigenvalue weighted by atomic mass is 10.2. The fraction of sp³-hybridized carbons (Fsp3) is 0.154. The molecule has 2 aromatic rings. The van der Waals surface area contributed by atoms with Gasteiger partial charge in [-0.15, -0.1) is 0 Å². The second kappa shape index (κ2) is 7.49. The van der Waals surface area contributed by atoms with Gasteiger partial charge in [0, 0.05) is 23.9 Å². The van der Waals surface area contributed by atoms with Gasteiger partial charge in [0.25, 0.3) is 5.69 Å². The topological polar surface area (TPSA) is 126 Å². The van der Waals surface area contributed by atoms with Gasteiger partial charge in [-0.05, 0) is 28.1 Å². The van der Waals surface area contributed by atoms with Crippen LogP contribution in [-0.4, -0.2) is 26.5 Å². The van der Waals surface area contributed by atoms with Crippen molar-refractivity contribution in [3.63, 3.8) is 0 Å². The van der Waals surface area contributed by atoms with Crippen LogP contribution in [-0.2, 0) is 16.2 Å². The minimum atomic E-state index is -0.568. The number of hydrogen-bond donors (Lipinski definition) is 1. The molecule has 10 heteroatoms. The summed E-state index contributed by atoms with van der Waals surface area (Å²) in [5, 5.41) is 18.1. The highest BCUT2D eigenvalue weighted by molar-refractivity contribution is 9.10. The number of amidine groups is 1. The number of nitro groups is 1. The van der Waals surface area contributed by atoms with Gasteiger partial charge in [-0.25, -0.2) is 4.79 Å². The maximum Gasteiger partial charge on any atom is 0.336 e. The number of nitro benzene ring substituents is 1. The number of nitrogens with two attached hydrogens (primary N) is 1. The predicted molar refractivity (Wildman–Crippen MR) is 84.5 cm³/mol. The molecule has 0 saturated heterocycles. The number of aryl methyl sites for hydroxylation is 1. The van der Waals surface area contributed by atoms with Crippen LogP contribution in [0.25, 0.3) is 0 Å². The molecular weight excluding hydrogens is 370 g/mol. The molecule has 0 aliphatic carbocycles. The zero-order valence-corrected chi connectivity index (χ0v) is 13.3. The zero-order valence-electron chi connectivity index (χ0n) is 11.8. The third-order valence-electron chi connectivity index (χ3n) is 2.77. The summed E-state index contributed by atoms with van der Waals surface area (Å²) >= 11 is 3.25. The minimum absolute atomic E-state index is 0.0462. The van der Waals surface area contributed by atoms with Gasteiger partial charge in [0.15, 0.2) is 5.84 Å². The number of carbonyl (C=O) groups excluding carboxylic acids is 1. The number of oxime groups is 1. The third kappa shape index (κ3) is 4.88. The summed E-state index contributed by atoms with van der Waals surface area (Å²) in [4.78, 5) is 26.3. The second-order valence-corrected chi connectivity index (χ2v) is 5.33. The number of halogens is 1. The van der Waals surface area contributed by atoms with E-state index in [0.717, 1.165) is 4.47 Å². The molecule has 120 valence electrons. The fourth-order valence-electron chi connectivity index (χ4n) is 1.62. The molecule has 0 spiro atoms. The molecular formula is C13H12BrN5O4. The lowest BCUT2D eigenvalue weighted by Gasteiger charge is -2.02. The zero-order chi connectivity index (χ0) is 16.8. The number of rotatable bonds is 6. The van der Waals surface area contributed by atoms with Crippen molar-refractivity contribution in [3.05, 3.63) is 56.8 Å². The van der Waals surface area contributed by atoms with E-state index in [1.807, 2.05) is 0 Å². The van der Waals surface area contributed by atoms with Gasteiger partial charge in [0.2, 0.25) is 0 Å². The SMILES string of the molecule is N/C(=N\OC(=O)CCn1cc(Br)cn1)c1ccc([N+](=O)[O-])cc1. The van der Waals surface area contributed by atoms with Crippen molar-refractivity contribution >= 4 is 33.4 Å². The van der Waals surface area contributed by atoms with E-state index in [-0.39, 0.29) is 17.9 Å². The van der Waals surface area contributed by atoms with E-state index >= 15 is 0 Å². The average Bonchev–Trinajstić information content (AvgIpc) is 2.96. The molecule has 0 bridgehead atoms. The first-order chi connectivity index (χ1) is 11.0. The summed E-state index contributed by atoms with van der Waals surface area (Å²) in [6, 6.07) is 5.42. The average molecular weight is 382 g/mol. The van der Waals surface area contributed by atoms with Crippen molar-refractivity contribution in [2.45, 2.75) is 13.0 Å². The first kappa shape index (κ1) is 16.6. The third-order valence-corrected chi connectivity index (χ3v) is 3.18. The van der Waals surface area contributed by atoms with Crippen molar-refractivity contribution in [3.8, 4) is 0 Å². The summed E-state index contributed by atoms with van der Waals surface area (Å²) in [7, 11) is 0. The van der Waals surface area contributed by atoms with E-state index in [2.05, 4.69) is 26.2 Å². The number of non-ortho nitro benzene ring substituents is 1. The van der Waals surface area contributed by atoms with Gasteiger partial charge in [-0.1, -0.05) is 5.16 Å². The Morgan fingerprint density at radius 3 is 2.70 bits per heavy atom. The number of benzene rings is 1. The van der Waals surface area contributed by atoms with Crippen LogP contribution in [0.15, 0.2) is 46.3 Å². The van der Waals surface area contributed by atoms with Crippen molar-refractivity contribution in [2.24, 2.45) is 10.9 Å². The van der Waals surface area contributed by atoms with E-state index in [9.17, 15) is 14.9 Å². The highest BCUT2D eigenvalue weighted by Gasteiger charge is 2.08. The monoisotopic (exact) mass is 381 g/mol. The summed E-state index contributed by atoms with van der Waals surface area (Å²) in [5.41, 5.74) is 6.01. The van der Waals surface area contributed by atoms with Crippen LogP contribution in [0.2, 0.25) is 0 Å². The van der Waals surface area contributed by atoms with Crippen LogP contribution in [0.1, 0.15) is 12.0 Å². The van der Waals surface area contributed by atoms with Crippen LogP contribution in [0.5, 0.6) is 0 Å². The van der Waals surface area contributed by atoms with Crippen LogP contribution in [0.4, 0.5) is 5.69 Å². The molecule has 1 aromatic carbocycles. The Balaban J connectivity index is 1.88. The molecule has 23 heavy (non-hydrogen) atoms. The molecule has 2 rings (SSSR count). The molecule has 0 aliphatic rings. The van der Waals surface area contributed by atoms with E-state index in [0.29, 0.717) is 12.1 Å². The summed E-state index contributed by atoms with van der Waals surface area (Å²) in [5.74, 6) is -0.614. The Labute approximate surface area is 139 Å². The lowest BCUT2D eigenvalue weighted by molar-refractivity contribution is -0.384. The Hall–Kier alpha value is -2.75. The largest absolute Gasteiger partial charge is 0.380 e. The number of aromatic nitrogens is 2. The maximum atomic E-state index is 11.6. The molecule has 2 N–H and O–H groups in total. The van der Waals surface area contributed by atoms with E-state index in [1.54, 1.807) is 17.1 Å². The van der Waals surface area contributed by atoms with Gasteiger partial charge in [0.05, 0.1) is 28.6 Å². The lowest BCUT2D eigenvalue weighted by Crippen LogP contribution is -2.15.